The van der Waals surface area contributed by atoms with Crippen molar-refractivity contribution in [1.29, 1.82) is 0 Å². The molecule has 0 radical (unpaired) electrons. The molecular weight excluding hydrogens is 300 g/mol. The zero-order valence-corrected chi connectivity index (χ0v) is 13.8. The summed E-state index contributed by atoms with van der Waals surface area (Å²) in [6, 6.07) is 10.2. The zero-order valence-electron chi connectivity index (χ0n) is 13.0. The largest absolute Gasteiger partial charge is 0.352 e. The minimum atomic E-state index is -0.0212. The summed E-state index contributed by atoms with van der Waals surface area (Å²) in [5.74, 6) is -0.0212. The molecule has 1 heterocycles. The molecule has 120 valence electrons. The third-order valence-electron chi connectivity index (χ3n) is 3.54. The molecule has 3 N–H and O–H groups in total. The van der Waals surface area contributed by atoms with Gasteiger partial charge in [-0.25, -0.2) is 0 Å². The van der Waals surface area contributed by atoms with Gasteiger partial charge < -0.3 is 11.1 Å². The molecule has 0 aliphatic rings. The van der Waals surface area contributed by atoms with Gasteiger partial charge in [-0.2, -0.15) is 5.10 Å². The van der Waals surface area contributed by atoms with Gasteiger partial charge in [0.05, 0.1) is 12.2 Å². The van der Waals surface area contributed by atoms with E-state index in [9.17, 15) is 4.79 Å². The van der Waals surface area contributed by atoms with E-state index in [2.05, 4.69) is 22.5 Å². The fraction of sp³-hybridized carbons (Fsp3) is 0.375. The van der Waals surface area contributed by atoms with Gasteiger partial charge in [0.25, 0.3) is 0 Å². The average Bonchev–Trinajstić information content (AvgIpc) is 2.73. The minimum absolute atomic E-state index is 0. The normalized spacial score (nSPS) is 10.1. The van der Waals surface area contributed by atoms with Gasteiger partial charge in [-0.15, -0.1) is 12.4 Å². The number of aryl methyl sites for hydroxylation is 1. The van der Waals surface area contributed by atoms with Gasteiger partial charge in [0.1, 0.15) is 0 Å². The van der Waals surface area contributed by atoms with E-state index in [0.717, 1.165) is 23.5 Å². The smallest absolute Gasteiger partial charge is 0.221 e. The van der Waals surface area contributed by atoms with Crippen LogP contribution < -0.4 is 11.1 Å². The quantitative estimate of drug-likeness (QED) is 0.853. The molecule has 6 heteroatoms. The molecule has 0 saturated carbocycles. The highest BCUT2D eigenvalue weighted by molar-refractivity contribution is 5.85. The number of nitrogens with one attached hydrogen (secondary N) is 1. The molecule has 2 aromatic rings. The predicted octanol–water partition coefficient (Wildman–Crippen LogP) is 1.94. The van der Waals surface area contributed by atoms with Crippen LogP contribution in [0.15, 0.2) is 30.3 Å². The minimum Gasteiger partial charge on any atom is -0.352 e. The number of carbonyl (C=O) groups excluding carboxylic acids is 1. The third kappa shape index (κ3) is 4.58. The first-order chi connectivity index (χ1) is 10.1. The van der Waals surface area contributed by atoms with Crippen molar-refractivity contribution < 1.29 is 4.79 Å². The molecule has 0 spiro atoms. The monoisotopic (exact) mass is 322 g/mol. The molecule has 0 unspecified atom stereocenters. The highest BCUT2D eigenvalue weighted by Crippen LogP contribution is 2.14. The van der Waals surface area contributed by atoms with E-state index in [1.165, 1.54) is 5.56 Å². The fourth-order valence-corrected chi connectivity index (χ4v) is 2.31. The van der Waals surface area contributed by atoms with Crippen LogP contribution in [0, 0.1) is 13.8 Å². The SMILES string of the molecule is Cc1nn(Cc2ccccc2)c(C)c1CNC(=O)CCN.Cl. The number of hydrogen-bond donors (Lipinski definition) is 2. The van der Waals surface area contributed by atoms with Crippen LogP contribution in [0.1, 0.15) is 28.9 Å². The van der Waals surface area contributed by atoms with E-state index in [-0.39, 0.29) is 18.3 Å². The second kappa shape index (κ2) is 8.56. The lowest BCUT2D eigenvalue weighted by atomic mass is 10.2. The molecule has 0 aliphatic heterocycles. The van der Waals surface area contributed by atoms with E-state index in [0.29, 0.717) is 19.5 Å². The topological polar surface area (TPSA) is 72.9 Å². The van der Waals surface area contributed by atoms with E-state index in [4.69, 9.17) is 5.73 Å². The molecule has 1 aromatic carbocycles. The van der Waals surface area contributed by atoms with Crippen molar-refractivity contribution in [3.63, 3.8) is 0 Å². The fourth-order valence-electron chi connectivity index (χ4n) is 2.31. The lowest BCUT2D eigenvalue weighted by Crippen LogP contribution is -2.25. The summed E-state index contributed by atoms with van der Waals surface area (Å²) >= 11 is 0. The highest BCUT2D eigenvalue weighted by atomic mass is 35.5. The number of amides is 1. The van der Waals surface area contributed by atoms with Crippen LogP contribution in [-0.2, 0) is 17.9 Å². The number of rotatable bonds is 6. The Balaban J connectivity index is 0.00000242. The van der Waals surface area contributed by atoms with Crippen LogP contribution in [0.25, 0.3) is 0 Å². The van der Waals surface area contributed by atoms with Gasteiger partial charge in [0, 0.05) is 30.8 Å². The Morgan fingerprint density at radius 1 is 1.27 bits per heavy atom. The Morgan fingerprint density at radius 3 is 2.59 bits per heavy atom. The Kier molecular flexibility index (Phi) is 7.08. The van der Waals surface area contributed by atoms with Crippen LogP contribution in [0.3, 0.4) is 0 Å². The molecule has 1 amide bonds. The maximum absolute atomic E-state index is 11.5. The molecule has 0 bridgehead atoms. The number of benzene rings is 1. The van der Waals surface area contributed by atoms with Crippen LogP contribution in [0.5, 0.6) is 0 Å². The molecule has 1 aromatic heterocycles. The molecular formula is C16H23ClN4O. The van der Waals surface area contributed by atoms with Gasteiger partial charge in [0.2, 0.25) is 5.91 Å². The second-order valence-electron chi connectivity index (χ2n) is 5.11. The van der Waals surface area contributed by atoms with Gasteiger partial charge in [-0.1, -0.05) is 30.3 Å². The Morgan fingerprint density at radius 2 is 1.95 bits per heavy atom. The number of hydrogen-bond acceptors (Lipinski definition) is 3. The number of aromatic nitrogens is 2. The van der Waals surface area contributed by atoms with E-state index < -0.39 is 0 Å². The molecule has 22 heavy (non-hydrogen) atoms. The molecule has 0 aliphatic carbocycles. The van der Waals surface area contributed by atoms with E-state index in [1.807, 2.05) is 36.7 Å². The summed E-state index contributed by atoms with van der Waals surface area (Å²) < 4.78 is 1.98. The van der Waals surface area contributed by atoms with Gasteiger partial charge in [-0.3, -0.25) is 9.48 Å². The number of halogens is 1. The Labute approximate surface area is 137 Å². The van der Waals surface area contributed by atoms with Crippen molar-refractivity contribution in [1.82, 2.24) is 15.1 Å². The van der Waals surface area contributed by atoms with Crippen LogP contribution in [0.4, 0.5) is 0 Å². The van der Waals surface area contributed by atoms with Crippen molar-refractivity contribution in [2.75, 3.05) is 6.54 Å². The Hall–Kier alpha value is -1.85. The maximum Gasteiger partial charge on any atom is 0.221 e. The average molecular weight is 323 g/mol. The number of nitrogens with zero attached hydrogens (tertiary/aromatic N) is 2. The molecule has 2 rings (SSSR count). The van der Waals surface area contributed by atoms with Crippen LogP contribution in [-0.4, -0.2) is 22.2 Å². The predicted molar refractivity (Wildman–Crippen MR) is 90.0 cm³/mol. The first kappa shape index (κ1) is 18.2. The maximum atomic E-state index is 11.5. The van der Waals surface area contributed by atoms with Gasteiger partial charge >= 0.3 is 0 Å². The standard InChI is InChI=1S/C16H22N4O.ClH/c1-12-15(10-18-16(21)8-9-17)13(2)20(19-12)11-14-6-4-3-5-7-14;/h3-7H,8-11,17H2,1-2H3,(H,18,21);1H. The summed E-state index contributed by atoms with van der Waals surface area (Å²) in [5.41, 5.74) is 9.70. The van der Waals surface area contributed by atoms with Gasteiger partial charge in [-0.05, 0) is 19.4 Å². The van der Waals surface area contributed by atoms with Crippen molar-refractivity contribution in [3.8, 4) is 0 Å². The lowest BCUT2D eigenvalue weighted by molar-refractivity contribution is -0.121. The molecule has 5 nitrogen and oxygen atoms in total. The van der Waals surface area contributed by atoms with Crippen molar-refractivity contribution in [3.05, 3.63) is 52.8 Å². The van der Waals surface area contributed by atoms with Crippen LogP contribution in [0.2, 0.25) is 0 Å². The second-order valence-corrected chi connectivity index (χ2v) is 5.11. The third-order valence-corrected chi connectivity index (χ3v) is 3.54. The van der Waals surface area contributed by atoms with E-state index in [1.54, 1.807) is 0 Å². The summed E-state index contributed by atoms with van der Waals surface area (Å²) in [5, 5.41) is 7.46. The van der Waals surface area contributed by atoms with E-state index >= 15 is 0 Å². The Bertz CT molecular complexity index is 610. The lowest BCUT2D eigenvalue weighted by Gasteiger charge is -2.07. The highest BCUT2D eigenvalue weighted by Gasteiger charge is 2.12. The number of carbonyl (C=O) groups is 1. The first-order valence-corrected chi connectivity index (χ1v) is 7.15. The first-order valence-electron chi connectivity index (χ1n) is 7.15. The summed E-state index contributed by atoms with van der Waals surface area (Å²) in [7, 11) is 0. The zero-order chi connectivity index (χ0) is 15.2. The summed E-state index contributed by atoms with van der Waals surface area (Å²) in [6.45, 7) is 5.62. The molecule has 0 saturated heterocycles. The van der Waals surface area contributed by atoms with Gasteiger partial charge in [0.15, 0.2) is 0 Å². The number of nitrogens with two attached hydrogens (primary N) is 1. The van der Waals surface area contributed by atoms with Crippen molar-refractivity contribution in [2.45, 2.75) is 33.4 Å². The summed E-state index contributed by atoms with van der Waals surface area (Å²) in [6.07, 6.45) is 0.357. The molecule has 0 atom stereocenters. The molecule has 0 fully saturated rings. The van der Waals surface area contributed by atoms with Crippen molar-refractivity contribution >= 4 is 18.3 Å². The van der Waals surface area contributed by atoms with Crippen LogP contribution >= 0.6 is 12.4 Å². The summed E-state index contributed by atoms with van der Waals surface area (Å²) in [4.78, 5) is 11.5. The van der Waals surface area contributed by atoms with Crippen molar-refractivity contribution in [2.24, 2.45) is 5.73 Å².